The molecule has 1 heterocycles. The zero-order valence-corrected chi connectivity index (χ0v) is 8.03. The Bertz CT molecular complexity index is 498. The maximum atomic E-state index is 12.7. The number of hydrogen-bond donors (Lipinski definition) is 1. The van der Waals surface area contributed by atoms with Gasteiger partial charge in [-0.05, 0) is 12.1 Å². The molecule has 1 N–H and O–H groups in total. The smallest absolute Gasteiger partial charge is 0.271 e. The predicted molar refractivity (Wildman–Crippen MR) is 42.8 cm³/mol. The summed E-state index contributed by atoms with van der Waals surface area (Å²) >= 11 is 0. The van der Waals surface area contributed by atoms with Crippen LogP contribution in [0.1, 0.15) is 0 Å². The number of rotatable bonds is 2. The molecule has 4 nitrogen and oxygen atoms in total. The minimum Gasteiger partial charge on any atom is -0.271 e. The van der Waals surface area contributed by atoms with E-state index >= 15 is 0 Å². The molecule has 0 aliphatic heterocycles. The van der Waals surface area contributed by atoms with Gasteiger partial charge in [0.1, 0.15) is 5.69 Å². The highest BCUT2D eigenvalue weighted by molar-refractivity contribution is 7.93. The Hall–Kier alpha value is -1.45. The number of halogens is 5. The van der Waals surface area contributed by atoms with E-state index in [2.05, 4.69) is 4.98 Å². The van der Waals surface area contributed by atoms with Gasteiger partial charge in [-0.15, -0.1) is 0 Å². The van der Waals surface area contributed by atoms with Crippen molar-refractivity contribution in [1.29, 1.82) is 0 Å². The summed E-state index contributed by atoms with van der Waals surface area (Å²) < 4.78 is 82.5. The van der Waals surface area contributed by atoms with Crippen molar-refractivity contribution in [2.24, 2.45) is 0 Å². The summed E-state index contributed by atoms with van der Waals surface area (Å²) in [5.41, 5.74) is -6.67. The van der Waals surface area contributed by atoms with Crippen LogP contribution in [0.15, 0.2) is 12.1 Å². The average Bonchev–Trinajstić information content (AvgIpc) is 2.08. The fourth-order valence-electron chi connectivity index (χ4n) is 0.691. The van der Waals surface area contributed by atoms with Crippen LogP contribution in [0, 0.1) is 11.9 Å². The lowest BCUT2D eigenvalue weighted by Gasteiger charge is -2.10. The van der Waals surface area contributed by atoms with E-state index in [1.54, 1.807) is 0 Å². The summed E-state index contributed by atoms with van der Waals surface area (Å²) in [5.74, 6) is -2.97. The first-order valence-electron chi connectivity index (χ1n) is 3.54. The molecule has 1 aromatic heterocycles. The Morgan fingerprint density at radius 3 is 2.19 bits per heavy atom. The molecule has 0 bridgehead atoms. The van der Waals surface area contributed by atoms with E-state index in [0.29, 0.717) is 12.1 Å². The number of alkyl halides is 3. The Kier molecular flexibility index (Phi) is 3.03. The van der Waals surface area contributed by atoms with E-state index in [1.165, 1.54) is 0 Å². The minimum absolute atomic E-state index is 0.487. The molecule has 0 atom stereocenters. The summed E-state index contributed by atoms with van der Waals surface area (Å²) in [6.07, 6.45) is 0. The van der Waals surface area contributed by atoms with Gasteiger partial charge in [0.2, 0.25) is 11.9 Å². The third-order valence-corrected chi connectivity index (χ3v) is 2.46. The Morgan fingerprint density at radius 1 is 1.19 bits per heavy atom. The second-order valence-electron chi connectivity index (χ2n) is 2.52. The van der Waals surface area contributed by atoms with Gasteiger partial charge < -0.3 is 0 Å². The van der Waals surface area contributed by atoms with Crippen molar-refractivity contribution in [3.05, 3.63) is 24.0 Å². The molecule has 0 spiro atoms. The van der Waals surface area contributed by atoms with Gasteiger partial charge in [-0.2, -0.15) is 35.4 Å². The second kappa shape index (κ2) is 3.85. The number of nitrogens with one attached hydrogen (secondary N) is 1. The Labute approximate surface area is 86.2 Å². The molecule has 0 aliphatic carbocycles. The maximum absolute atomic E-state index is 12.7. The van der Waals surface area contributed by atoms with Gasteiger partial charge >= 0.3 is 15.5 Å². The van der Waals surface area contributed by atoms with E-state index < -0.39 is 33.1 Å². The van der Waals surface area contributed by atoms with Gasteiger partial charge in [0.25, 0.3) is 0 Å². The van der Waals surface area contributed by atoms with Crippen molar-refractivity contribution in [2.75, 3.05) is 4.72 Å². The Balaban J connectivity index is 3.07. The second-order valence-corrected chi connectivity index (χ2v) is 4.20. The molecule has 1 aromatic rings. The first kappa shape index (κ1) is 12.6. The number of hydrogen-bond acceptors (Lipinski definition) is 3. The molecule has 0 fully saturated rings. The normalized spacial score (nSPS) is 12.6. The van der Waals surface area contributed by atoms with Crippen molar-refractivity contribution >= 4 is 15.7 Å². The van der Waals surface area contributed by atoms with Gasteiger partial charge in [-0.3, -0.25) is 4.72 Å². The lowest BCUT2D eigenvalue weighted by atomic mass is 10.4. The van der Waals surface area contributed by atoms with Crippen LogP contribution < -0.4 is 4.72 Å². The van der Waals surface area contributed by atoms with Crippen LogP contribution in [0.3, 0.4) is 0 Å². The number of pyridine rings is 1. The van der Waals surface area contributed by atoms with Crippen molar-refractivity contribution in [3.63, 3.8) is 0 Å². The zero-order chi connectivity index (χ0) is 12.6. The molecule has 0 saturated heterocycles. The van der Waals surface area contributed by atoms with Crippen molar-refractivity contribution in [2.45, 2.75) is 5.51 Å². The molecule has 10 heteroatoms. The van der Waals surface area contributed by atoms with Crippen molar-refractivity contribution in [1.82, 2.24) is 4.98 Å². The number of sulfonamides is 1. The van der Waals surface area contributed by atoms with E-state index in [4.69, 9.17) is 0 Å². The molecule has 0 aromatic carbocycles. The number of nitrogens with zero attached hydrogens (tertiary/aromatic N) is 1. The Morgan fingerprint density at radius 2 is 1.75 bits per heavy atom. The first-order valence-corrected chi connectivity index (χ1v) is 5.03. The summed E-state index contributed by atoms with van der Waals surface area (Å²) in [5, 5.41) is 0. The maximum Gasteiger partial charge on any atom is 0.516 e. The number of anilines is 1. The van der Waals surface area contributed by atoms with Crippen molar-refractivity contribution < 1.29 is 30.4 Å². The first-order chi connectivity index (χ1) is 7.13. The van der Waals surface area contributed by atoms with Crippen LogP contribution in [-0.4, -0.2) is 18.9 Å². The summed E-state index contributed by atoms with van der Waals surface area (Å²) in [6.45, 7) is 0. The largest absolute Gasteiger partial charge is 0.516 e. The third-order valence-electron chi connectivity index (χ3n) is 1.36. The molecular weight excluding hydrogens is 259 g/mol. The highest BCUT2D eigenvalue weighted by Crippen LogP contribution is 2.25. The van der Waals surface area contributed by atoms with Crippen LogP contribution in [0.5, 0.6) is 0 Å². The topological polar surface area (TPSA) is 59.1 Å². The quantitative estimate of drug-likeness (QED) is 0.650. The fraction of sp³-hybridized carbons (Fsp3) is 0.167. The van der Waals surface area contributed by atoms with E-state index in [1.807, 2.05) is 0 Å². The third kappa shape index (κ3) is 2.56. The summed E-state index contributed by atoms with van der Waals surface area (Å²) in [4.78, 5) is 2.51. The molecule has 0 aliphatic rings. The van der Waals surface area contributed by atoms with Crippen LogP contribution in [-0.2, 0) is 10.0 Å². The van der Waals surface area contributed by atoms with Gasteiger partial charge in [0.05, 0.1) is 0 Å². The lowest BCUT2D eigenvalue weighted by Crippen LogP contribution is -2.30. The lowest BCUT2D eigenvalue weighted by molar-refractivity contribution is -0.0429. The summed E-state index contributed by atoms with van der Waals surface area (Å²) in [6, 6.07) is 0.998. The van der Waals surface area contributed by atoms with Crippen LogP contribution in [0.2, 0.25) is 0 Å². The fourth-order valence-corrected chi connectivity index (χ4v) is 1.25. The average molecular weight is 262 g/mol. The molecule has 0 amide bonds. The van der Waals surface area contributed by atoms with Crippen LogP contribution in [0.25, 0.3) is 0 Å². The van der Waals surface area contributed by atoms with Crippen LogP contribution >= 0.6 is 0 Å². The standard InChI is InChI=1S/C6H3F5N2O2S/c7-4-2-1-3(5(8)12-4)13-16(14,15)6(9,10)11/h1-2,13H. The van der Waals surface area contributed by atoms with Gasteiger partial charge in [0, 0.05) is 0 Å². The van der Waals surface area contributed by atoms with Crippen LogP contribution in [0.4, 0.5) is 27.6 Å². The molecule has 0 radical (unpaired) electrons. The minimum atomic E-state index is -5.74. The monoisotopic (exact) mass is 262 g/mol. The van der Waals surface area contributed by atoms with Gasteiger partial charge in [-0.1, -0.05) is 0 Å². The zero-order valence-electron chi connectivity index (χ0n) is 7.22. The van der Waals surface area contributed by atoms with E-state index in [-0.39, 0.29) is 0 Å². The van der Waals surface area contributed by atoms with E-state index in [0.717, 1.165) is 4.72 Å². The number of aromatic nitrogens is 1. The molecule has 16 heavy (non-hydrogen) atoms. The van der Waals surface area contributed by atoms with Crippen molar-refractivity contribution in [3.8, 4) is 0 Å². The predicted octanol–water partition coefficient (Wildman–Crippen LogP) is 1.62. The highest BCUT2D eigenvalue weighted by atomic mass is 32.2. The molecule has 90 valence electrons. The summed E-state index contributed by atoms with van der Waals surface area (Å²) in [7, 11) is -5.74. The van der Waals surface area contributed by atoms with Gasteiger partial charge in [0.15, 0.2) is 0 Å². The SMILES string of the molecule is O=S(=O)(Nc1ccc(F)nc1F)C(F)(F)F. The highest BCUT2D eigenvalue weighted by Gasteiger charge is 2.46. The molecular formula is C6H3F5N2O2S. The van der Waals surface area contributed by atoms with Gasteiger partial charge in [-0.25, -0.2) is 0 Å². The van der Waals surface area contributed by atoms with E-state index in [9.17, 15) is 30.4 Å². The molecule has 0 saturated carbocycles. The molecule has 1 rings (SSSR count). The molecule has 0 unspecified atom stereocenters.